The van der Waals surface area contributed by atoms with E-state index in [1.807, 2.05) is 30.7 Å². The van der Waals surface area contributed by atoms with Gasteiger partial charge in [-0.1, -0.05) is 109 Å². The molecular formula is C40H46N8. The van der Waals surface area contributed by atoms with Gasteiger partial charge in [0.05, 0.1) is 11.4 Å². The van der Waals surface area contributed by atoms with Crippen LogP contribution in [0.2, 0.25) is 0 Å². The Morgan fingerprint density at radius 2 is 1.21 bits per heavy atom. The number of nitrogens with zero attached hydrogens (tertiary/aromatic N) is 7. The van der Waals surface area contributed by atoms with E-state index >= 15 is 0 Å². The average molecular weight is 639 g/mol. The van der Waals surface area contributed by atoms with Crippen LogP contribution in [0.4, 0.5) is 11.4 Å². The zero-order chi connectivity index (χ0) is 33.8. The number of hydrogen-bond acceptors (Lipinski definition) is 6. The molecule has 2 aliphatic heterocycles. The van der Waals surface area contributed by atoms with Gasteiger partial charge in [0.15, 0.2) is 0 Å². The standard InChI is InChI=1S/C21H24N4.C17H16N4.C2H6/c1-14(2)24-13-16-9-5-6-10-17(16)20-21(25(15(3)4)23-22-20)18-11-7-8-12-19(18)24;1-2-21-17-13-8-4-3-7-12(13)11-18-15-10-6-5-9-14(15)16(17)19-20-21;1-2/h5-12,14-15H,13H2,1-4H3;3-10,18H,2,11H2,1H3;1-2H3. The molecule has 2 aliphatic rings. The summed E-state index contributed by atoms with van der Waals surface area (Å²) in [6, 6.07) is 34.6. The fourth-order valence-corrected chi connectivity index (χ4v) is 6.55. The van der Waals surface area contributed by atoms with Crippen LogP contribution < -0.4 is 10.2 Å². The molecule has 8 rings (SSSR count). The summed E-state index contributed by atoms with van der Waals surface area (Å²) in [4.78, 5) is 2.47. The van der Waals surface area contributed by atoms with E-state index in [1.165, 1.54) is 33.5 Å². The van der Waals surface area contributed by atoms with Gasteiger partial charge in [0, 0.05) is 65.3 Å². The third kappa shape index (κ3) is 5.99. The molecule has 8 nitrogen and oxygen atoms in total. The SMILES string of the molecule is CC.CC(C)N1Cc2ccccc2-c2nnn(C(C)C)c2-c2ccccc21.CCn1nnc2c1-c1ccccc1CNc1ccccc1-2. The molecule has 0 radical (unpaired) electrons. The van der Waals surface area contributed by atoms with Gasteiger partial charge in [0.2, 0.25) is 0 Å². The molecule has 0 unspecified atom stereocenters. The van der Waals surface area contributed by atoms with Crippen molar-refractivity contribution < 1.29 is 0 Å². The van der Waals surface area contributed by atoms with Crippen LogP contribution in [0.3, 0.4) is 0 Å². The Kier molecular flexibility index (Phi) is 9.71. The molecule has 0 saturated carbocycles. The van der Waals surface area contributed by atoms with Gasteiger partial charge in [-0.3, -0.25) is 0 Å². The van der Waals surface area contributed by atoms with Crippen LogP contribution in [0.5, 0.6) is 0 Å². The quantitative estimate of drug-likeness (QED) is 0.208. The van der Waals surface area contributed by atoms with Gasteiger partial charge in [-0.15, -0.1) is 10.2 Å². The van der Waals surface area contributed by atoms with Gasteiger partial charge in [-0.25, -0.2) is 9.36 Å². The first-order valence-corrected chi connectivity index (χ1v) is 17.2. The van der Waals surface area contributed by atoms with E-state index in [0.717, 1.165) is 53.7 Å². The highest BCUT2D eigenvalue weighted by Crippen LogP contribution is 2.42. The Hall–Kier alpha value is -5.24. The minimum absolute atomic E-state index is 0.253. The number of aryl methyl sites for hydroxylation is 1. The number of rotatable bonds is 3. The van der Waals surface area contributed by atoms with Crippen LogP contribution in [-0.4, -0.2) is 36.0 Å². The van der Waals surface area contributed by atoms with E-state index < -0.39 is 0 Å². The Bertz CT molecular complexity index is 2000. The van der Waals surface area contributed by atoms with E-state index in [9.17, 15) is 0 Å². The van der Waals surface area contributed by atoms with Crippen molar-refractivity contribution in [1.29, 1.82) is 0 Å². The van der Waals surface area contributed by atoms with Crippen molar-refractivity contribution in [3.8, 4) is 45.0 Å². The molecule has 4 aromatic carbocycles. The highest BCUT2D eigenvalue weighted by molar-refractivity contribution is 5.89. The van der Waals surface area contributed by atoms with E-state index in [0.29, 0.717) is 6.04 Å². The first-order valence-electron chi connectivity index (χ1n) is 17.2. The molecule has 8 heteroatoms. The summed E-state index contributed by atoms with van der Waals surface area (Å²) in [5, 5.41) is 21.4. The second-order valence-electron chi connectivity index (χ2n) is 12.4. The van der Waals surface area contributed by atoms with E-state index in [-0.39, 0.29) is 6.04 Å². The molecule has 0 spiro atoms. The molecule has 1 N–H and O–H groups in total. The van der Waals surface area contributed by atoms with Crippen LogP contribution >= 0.6 is 0 Å². The van der Waals surface area contributed by atoms with Crippen molar-refractivity contribution in [2.24, 2.45) is 0 Å². The summed E-state index contributed by atoms with van der Waals surface area (Å²) in [5.41, 5.74) is 13.8. The Labute approximate surface area is 284 Å². The van der Waals surface area contributed by atoms with Crippen molar-refractivity contribution in [3.63, 3.8) is 0 Å². The lowest BCUT2D eigenvalue weighted by atomic mass is 9.95. The fourth-order valence-electron chi connectivity index (χ4n) is 6.55. The summed E-state index contributed by atoms with van der Waals surface area (Å²) in [7, 11) is 0. The zero-order valence-electron chi connectivity index (χ0n) is 29.1. The van der Waals surface area contributed by atoms with Gasteiger partial charge in [-0.2, -0.15) is 0 Å². The van der Waals surface area contributed by atoms with Crippen molar-refractivity contribution in [2.45, 2.75) is 80.2 Å². The highest BCUT2D eigenvalue weighted by atomic mass is 15.4. The predicted molar refractivity (Wildman–Crippen MR) is 198 cm³/mol. The third-order valence-electron chi connectivity index (χ3n) is 8.85. The maximum Gasteiger partial charge on any atom is 0.123 e. The van der Waals surface area contributed by atoms with Crippen LogP contribution in [-0.2, 0) is 19.6 Å². The van der Waals surface area contributed by atoms with Gasteiger partial charge in [-0.05, 0) is 57.9 Å². The number of benzene rings is 4. The van der Waals surface area contributed by atoms with Gasteiger partial charge >= 0.3 is 0 Å². The van der Waals surface area contributed by atoms with Crippen LogP contribution in [0, 0.1) is 0 Å². The predicted octanol–water partition coefficient (Wildman–Crippen LogP) is 9.51. The van der Waals surface area contributed by atoms with Crippen molar-refractivity contribution in [1.82, 2.24) is 30.0 Å². The molecular weight excluding hydrogens is 592 g/mol. The number of anilines is 2. The molecule has 0 aliphatic carbocycles. The normalized spacial score (nSPS) is 12.5. The molecule has 4 heterocycles. The summed E-state index contributed by atoms with van der Waals surface area (Å²) in [6.45, 7) is 17.4. The number of nitrogens with one attached hydrogen (secondary N) is 1. The molecule has 2 aromatic heterocycles. The van der Waals surface area contributed by atoms with Crippen LogP contribution in [0.15, 0.2) is 97.1 Å². The molecule has 0 fully saturated rings. The number of para-hydroxylation sites is 2. The second-order valence-corrected chi connectivity index (χ2v) is 12.4. The Morgan fingerprint density at radius 3 is 1.92 bits per heavy atom. The number of hydrogen-bond donors (Lipinski definition) is 1. The summed E-state index contributed by atoms with van der Waals surface area (Å²) in [5.74, 6) is 0. The first-order chi connectivity index (χ1) is 23.5. The fraction of sp³-hybridized carbons (Fsp3) is 0.300. The summed E-state index contributed by atoms with van der Waals surface area (Å²) < 4.78 is 4.03. The Balaban J connectivity index is 0.000000161. The lowest BCUT2D eigenvalue weighted by Crippen LogP contribution is -2.31. The maximum absolute atomic E-state index is 4.58. The van der Waals surface area contributed by atoms with Crippen LogP contribution in [0.1, 0.15) is 65.6 Å². The van der Waals surface area contributed by atoms with Crippen molar-refractivity contribution in [2.75, 3.05) is 10.2 Å². The second kappa shape index (κ2) is 14.3. The summed E-state index contributed by atoms with van der Waals surface area (Å²) >= 11 is 0. The molecule has 246 valence electrons. The van der Waals surface area contributed by atoms with E-state index in [4.69, 9.17) is 0 Å². The first kappa shape index (κ1) is 32.7. The van der Waals surface area contributed by atoms with Gasteiger partial charge in [0.1, 0.15) is 11.4 Å². The van der Waals surface area contributed by atoms with E-state index in [2.05, 4.69) is 155 Å². The monoisotopic (exact) mass is 638 g/mol. The topological polar surface area (TPSA) is 76.7 Å². The maximum atomic E-state index is 4.58. The lowest BCUT2D eigenvalue weighted by molar-refractivity contribution is 0.519. The smallest absolute Gasteiger partial charge is 0.123 e. The minimum atomic E-state index is 0.253. The minimum Gasteiger partial charge on any atom is -0.380 e. The molecule has 6 aromatic rings. The molecule has 0 saturated heterocycles. The third-order valence-corrected chi connectivity index (χ3v) is 8.85. The largest absolute Gasteiger partial charge is 0.380 e. The summed E-state index contributed by atoms with van der Waals surface area (Å²) in [6.07, 6.45) is 0. The lowest BCUT2D eigenvalue weighted by Gasteiger charge is -2.33. The highest BCUT2D eigenvalue weighted by Gasteiger charge is 2.28. The van der Waals surface area contributed by atoms with E-state index in [1.54, 1.807) is 0 Å². The van der Waals surface area contributed by atoms with Gasteiger partial charge in [0.25, 0.3) is 0 Å². The van der Waals surface area contributed by atoms with Crippen LogP contribution in [0.25, 0.3) is 45.0 Å². The number of fused-ring (bicyclic) bond motifs is 10. The molecule has 0 amide bonds. The average Bonchev–Trinajstić information content (AvgIpc) is 3.74. The molecule has 48 heavy (non-hydrogen) atoms. The Morgan fingerprint density at radius 1 is 0.625 bits per heavy atom. The number of aromatic nitrogens is 6. The molecule has 0 atom stereocenters. The van der Waals surface area contributed by atoms with Crippen molar-refractivity contribution in [3.05, 3.63) is 108 Å². The van der Waals surface area contributed by atoms with Gasteiger partial charge < -0.3 is 10.2 Å². The zero-order valence-corrected chi connectivity index (χ0v) is 29.1. The van der Waals surface area contributed by atoms with Crippen molar-refractivity contribution >= 4 is 11.4 Å². The molecule has 0 bridgehead atoms.